The van der Waals surface area contributed by atoms with Crippen LogP contribution in [-0.2, 0) is 11.2 Å². The van der Waals surface area contributed by atoms with Gasteiger partial charge in [-0.1, -0.05) is 24.3 Å². The minimum absolute atomic E-state index is 0.0325. The van der Waals surface area contributed by atoms with Crippen LogP contribution < -0.4 is 10.1 Å². The summed E-state index contributed by atoms with van der Waals surface area (Å²) in [4.78, 5) is 16.8. The summed E-state index contributed by atoms with van der Waals surface area (Å²) in [7, 11) is 0. The molecule has 1 saturated carbocycles. The minimum Gasteiger partial charge on any atom is -0.472 e. The normalized spacial score (nSPS) is 29.0. The van der Waals surface area contributed by atoms with Gasteiger partial charge in [-0.3, -0.25) is 4.79 Å². The van der Waals surface area contributed by atoms with Gasteiger partial charge < -0.3 is 14.8 Å². The molecule has 2 fully saturated rings. The monoisotopic (exact) mass is 336 g/mol. The van der Waals surface area contributed by atoms with Gasteiger partial charge in [-0.05, 0) is 29.5 Å². The lowest BCUT2D eigenvalue weighted by atomic mass is 10.1. The van der Waals surface area contributed by atoms with Crippen LogP contribution in [0, 0.1) is 5.92 Å². The second kappa shape index (κ2) is 5.85. The zero-order valence-electron chi connectivity index (χ0n) is 13.9. The molecule has 1 aliphatic heterocycles. The van der Waals surface area contributed by atoms with Crippen molar-refractivity contribution >= 4 is 5.91 Å². The topological polar surface area (TPSA) is 60.5 Å². The van der Waals surface area contributed by atoms with Gasteiger partial charge in [0.05, 0.1) is 13.2 Å². The molecule has 3 aliphatic rings. The number of amides is 1. The number of fused-ring (bicyclic) bond motifs is 3. The van der Waals surface area contributed by atoms with Gasteiger partial charge in [-0.25, -0.2) is 4.98 Å². The molecule has 1 amide bonds. The van der Waals surface area contributed by atoms with Gasteiger partial charge in [0.2, 0.25) is 5.88 Å². The van der Waals surface area contributed by atoms with Crippen molar-refractivity contribution < 1.29 is 14.3 Å². The van der Waals surface area contributed by atoms with Crippen LogP contribution in [0.3, 0.4) is 0 Å². The highest BCUT2D eigenvalue weighted by atomic mass is 16.5. The first-order valence-corrected chi connectivity index (χ1v) is 8.89. The van der Waals surface area contributed by atoms with E-state index in [0.717, 1.165) is 19.4 Å². The van der Waals surface area contributed by atoms with Crippen molar-refractivity contribution in [3.63, 3.8) is 0 Å². The predicted molar refractivity (Wildman–Crippen MR) is 91.7 cm³/mol. The van der Waals surface area contributed by atoms with Crippen LogP contribution in [0.25, 0.3) is 0 Å². The summed E-state index contributed by atoms with van der Waals surface area (Å²) in [5.74, 6) is 1.47. The Labute approximate surface area is 146 Å². The smallest absolute Gasteiger partial charge is 0.251 e. The Balaban J connectivity index is 1.25. The van der Waals surface area contributed by atoms with Crippen LogP contribution in [-0.4, -0.2) is 36.3 Å². The molecule has 128 valence electrons. The molecule has 1 saturated heterocycles. The summed E-state index contributed by atoms with van der Waals surface area (Å²) < 4.78 is 11.1. The number of pyridine rings is 1. The van der Waals surface area contributed by atoms with Gasteiger partial charge in [-0.2, -0.15) is 0 Å². The summed E-state index contributed by atoms with van der Waals surface area (Å²) in [6.45, 7) is 1.31. The quantitative estimate of drug-likeness (QED) is 0.931. The molecule has 1 aromatic heterocycles. The fraction of sp³-hybridized carbons (Fsp3) is 0.400. The Morgan fingerprint density at radius 2 is 2.20 bits per heavy atom. The number of nitrogens with one attached hydrogen (secondary N) is 1. The van der Waals surface area contributed by atoms with Crippen LogP contribution in [0.5, 0.6) is 5.88 Å². The molecule has 4 atom stereocenters. The van der Waals surface area contributed by atoms with E-state index in [1.54, 1.807) is 18.3 Å². The van der Waals surface area contributed by atoms with Crippen molar-refractivity contribution in [1.82, 2.24) is 10.3 Å². The molecule has 2 aromatic rings. The van der Waals surface area contributed by atoms with E-state index in [0.29, 0.717) is 29.9 Å². The first kappa shape index (κ1) is 14.9. The van der Waals surface area contributed by atoms with E-state index < -0.39 is 0 Å². The van der Waals surface area contributed by atoms with Crippen molar-refractivity contribution in [3.8, 4) is 5.88 Å². The average Bonchev–Trinajstić information content (AvgIpc) is 3.01. The fourth-order valence-corrected chi connectivity index (χ4v) is 4.17. The third-order valence-electron chi connectivity index (χ3n) is 5.51. The molecule has 2 heterocycles. The maximum atomic E-state index is 12.6. The Hall–Kier alpha value is -2.40. The van der Waals surface area contributed by atoms with Gasteiger partial charge in [0.25, 0.3) is 5.91 Å². The van der Waals surface area contributed by atoms with Crippen LogP contribution >= 0.6 is 0 Å². The highest BCUT2D eigenvalue weighted by Crippen LogP contribution is 2.56. The third-order valence-corrected chi connectivity index (χ3v) is 5.51. The zero-order chi connectivity index (χ0) is 16.8. The summed E-state index contributed by atoms with van der Waals surface area (Å²) in [6.07, 6.45) is 3.59. The number of benzene rings is 1. The number of aromatic nitrogens is 1. The van der Waals surface area contributed by atoms with Gasteiger partial charge in [-0.15, -0.1) is 0 Å². The lowest BCUT2D eigenvalue weighted by molar-refractivity contribution is 0.0946. The second-order valence-corrected chi connectivity index (χ2v) is 7.08. The number of hydrogen-bond acceptors (Lipinski definition) is 4. The van der Waals surface area contributed by atoms with E-state index in [-0.39, 0.29) is 18.1 Å². The van der Waals surface area contributed by atoms with Crippen LogP contribution in [0.15, 0.2) is 42.6 Å². The summed E-state index contributed by atoms with van der Waals surface area (Å²) in [6, 6.07) is 12.3. The minimum atomic E-state index is -0.0493. The molecule has 0 spiro atoms. The molecule has 25 heavy (non-hydrogen) atoms. The van der Waals surface area contributed by atoms with Crippen molar-refractivity contribution in [2.75, 3.05) is 13.2 Å². The molecule has 0 radical (unpaired) electrons. The third kappa shape index (κ3) is 2.68. The Morgan fingerprint density at radius 3 is 3.08 bits per heavy atom. The van der Waals surface area contributed by atoms with E-state index in [1.165, 1.54) is 11.1 Å². The maximum absolute atomic E-state index is 12.6. The standard InChI is InChI=1S/C20H20N2O3/c23-20(13-5-7-21-17(10-13)25-14-6-8-24-11-14)22-19-16-9-12-3-1-2-4-15(12)18(16)19/h1-5,7,10,14,16,18-19H,6,8-9,11H2,(H,22,23). The van der Waals surface area contributed by atoms with Crippen molar-refractivity contribution in [2.45, 2.75) is 30.9 Å². The van der Waals surface area contributed by atoms with Gasteiger partial charge in [0.15, 0.2) is 0 Å². The second-order valence-electron chi connectivity index (χ2n) is 7.08. The Bertz CT molecular complexity index is 816. The number of carbonyl (C=O) groups excluding carboxylic acids is 1. The molecular formula is C20H20N2O3. The molecule has 5 nitrogen and oxygen atoms in total. The molecule has 2 aliphatic carbocycles. The van der Waals surface area contributed by atoms with Crippen molar-refractivity contribution in [2.24, 2.45) is 5.92 Å². The number of ether oxygens (including phenoxy) is 2. The highest BCUT2D eigenvalue weighted by molar-refractivity contribution is 5.95. The fourth-order valence-electron chi connectivity index (χ4n) is 4.17. The SMILES string of the molecule is O=C(NC1C2Cc3ccccc3C21)c1ccnc(OC2CCOC2)c1. The Morgan fingerprint density at radius 1 is 1.28 bits per heavy atom. The number of rotatable bonds is 4. The van der Waals surface area contributed by atoms with Gasteiger partial charge in [0, 0.05) is 36.2 Å². The van der Waals surface area contributed by atoms with Crippen LogP contribution in [0.2, 0.25) is 0 Å². The molecule has 0 bridgehead atoms. The summed E-state index contributed by atoms with van der Waals surface area (Å²) in [5, 5.41) is 3.19. The molecule has 1 N–H and O–H groups in total. The van der Waals surface area contributed by atoms with Crippen molar-refractivity contribution in [3.05, 3.63) is 59.3 Å². The summed E-state index contributed by atoms with van der Waals surface area (Å²) >= 11 is 0. The van der Waals surface area contributed by atoms with Gasteiger partial charge in [0.1, 0.15) is 6.10 Å². The molecule has 5 heteroatoms. The first-order valence-electron chi connectivity index (χ1n) is 8.89. The van der Waals surface area contributed by atoms with Crippen molar-refractivity contribution in [1.29, 1.82) is 0 Å². The molecular weight excluding hydrogens is 316 g/mol. The summed E-state index contributed by atoms with van der Waals surface area (Å²) in [5.41, 5.74) is 3.43. The van der Waals surface area contributed by atoms with E-state index in [9.17, 15) is 4.79 Å². The number of nitrogens with zero attached hydrogens (tertiary/aromatic N) is 1. The number of carbonyl (C=O) groups is 1. The predicted octanol–water partition coefficient (Wildman–Crippen LogP) is 2.32. The van der Waals surface area contributed by atoms with E-state index >= 15 is 0 Å². The lowest BCUT2D eigenvalue weighted by Gasteiger charge is -2.12. The molecule has 1 aromatic carbocycles. The largest absolute Gasteiger partial charge is 0.472 e. The number of hydrogen-bond donors (Lipinski definition) is 1. The maximum Gasteiger partial charge on any atom is 0.251 e. The molecule has 5 rings (SSSR count). The zero-order valence-corrected chi connectivity index (χ0v) is 13.9. The first-order chi connectivity index (χ1) is 12.3. The van der Waals surface area contributed by atoms with Gasteiger partial charge >= 0.3 is 0 Å². The van der Waals surface area contributed by atoms with Crippen LogP contribution in [0.1, 0.15) is 33.8 Å². The van der Waals surface area contributed by atoms with E-state index in [1.807, 2.05) is 0 Å². The Kier molecular flexibility index (Phi) is 3.48. The lowest BCUT2D eigenvalue weighted by Crippen LogP contribution is -2.29. The van der Waals surface area contributed by atoms with Crippen LogP contribution in [0.4, 0.5) is 0 Å². The average molecular weight is 336 g/mol. The van der Waals surface area contributed by atoms with E-state index in [2.05, 4.69) is 34.6 Å². The highest BCUT2D eigenvalue weighted by Gasteiger charge is 2.56. The molecule has 4 unspecified atom stereocenters. The van der Waals surface area contributed by atoms with E-state index in [4.69, 9.17) is 9.47 Å².